The van der Waals surface area contributed by atoms with Crippen molar-refractivity contribution in [1.82, 2.24) is 0 Å². The number of allylic oxidation sites excluding steroid dienone is 1. The highest BCUT2D eigenvalue weighted by atomic mass is 16.2. The van der Waals surface area contributed by atoms with Crippen LogP contribution in [-0.4, -0.2) is 11.7 Å². The summed E-state index contributed by atoms with van der Waals surface area (Å²) in [5.41, 5.74) is 3.41. The van der Waals surface area contributed by atoms with Crippen LogP contribution in [-0.2, 0) is 0 Å². The van der Waals surface area contributed by atoms with Gasteiger partial charge in [-0.15, -0.1) is 0 Å². The third-order valence-corrected chi connectivity index (χ3v) is 2.01. The van der Waals surface area contributed by atoms with Crippen LogP contribution in [0.1, 0.15) is 24.5 Å². The molecule has 0 heterocycles. The molecule has 0 spiro atoms. The van der Waals surface area contributed by atoms with Crippen molar-refractivity contribution in [2.75, 3.05) is 6.61 Å². The van der Waals surface area contributed by atoms with Gasteiger partial charge in [0.2, 0.25) is 0 Å². The molecule has 0 unspecified atom stereocenters. The SMILES string of the molecule is C=C(C)c1ccc(C=CCCO)cc1. The Balaban J connectivity index is 2.68. The maximum absolute atomic E-state index is 8.60. The van der Waals surface area contributed by atoms with Gasteiger partial charge in [0.05, 0.1) is 0 Å². The number of hydrogen-bond acceptors (Lipinski definition) is 1. The standard InChI is InChI=1S/C13H16O/c1-11(2)13-8-6-12(7-9-13)5-3-4-10-14/h3,5-9,14H,1,4,10H2,2H3. The minimum Gasteiger partial charge on any atom is -0.396 e. The topological polar surface area (TPSA) is 20.2 Å². The van der Waals surface area contributed by atoms with Gasteiger partial charge in [-0.1, -0.05) is 48.6 Å². The van der Waals surface area contributed by atoms with E-state index in [1.165, 1.54) is 5.56 Å². The van der Waals surface area contributed by atoms with Crippen LogP contribution in [0, 0.1) is 0 Å². The van der Waals surface area contributed by atoms with Crippen LogP contribution in [0.25, 0.3) is 11.6 Å². The third kappa shape index (κ3) is 3.19. The monoisotopic (exact) mass is 188 g/mol. The normalized spacial score (nSPS) is 10.7. The van der Waals surface area contributed by atoms with Crippen LogP contribution < -0.4 is 0 Å². The van der Waals surface area contributed by atoms with Crippen LogP contribution in [0.5, 0.6) is 0 Å². The Morgan fingerprint density at radius 2 is 2.00 bits per heavy atom. The Bertz CT molecular complexity index is 320. The Morgan fingerprint density at radius 1 is 1.36 bits per heavy atom. The summed E-state index contributed by atoms with van der Waals surface area (Å²) in [5, 5.41) is 8.60. The molecule has 0 aliphatic heterocycles. The molecule has 0 aromatic heterocycles. The lowest BCUT2D eigenvalue weighted by Crippen LogP contribution is -1.79. The Labute approximate surface area is 85.4 Å². The maximum Gasteiger partial charge on any atom is 0.0465 e. The summed E-state index contributed by atoms with van der Waals surface area (Å²) in [6, 6.07) is 8.22. The zero-order valence-electron chi connectivity index (χ0n) is 8.53. The van der Waals surface area contributed by atoms with E-state index in [1.807, 2.05) is 19.1 Å². The molecule has 0 amide bonds. The number of aliphatic hydroxyl groups is 1. The van der Waals surface area contributed by atoms with Crippen LogP contribution >= 0.6 is 0 Å². The fourth-order valence-corrected chi connectivity index (χ4v) is 1.17. The second kappa shape index (κ2) is 5.40. The molecular weight excluding hydrogens is 172 g/mol. The summed E-state index contributed by atoms with van der Waals surface area (Å²) >= 11 is 0. The van der Waals surface area contributed by atoms with Crippen molar-refractivity contribution < 1.29 is 5.11 Å². The Hall–Kier alpha value is -1.34. The van der Waals surface area contributed by atoms with Crippen molar-refractivity contribution in [2.45, 2.75) is 13.3 Å². The van der Waals surface area contributed by atoms with Gasteiger partial charge in [-0.3, -0.25) is 0 Å². The fraction of sp³-hybridized carbons (Fsp3) is 0.231. The van der Waals surface area contributed by atoms with Crippen molar-refractivity contribution in [1.29, 1.82) is 0 Å². The quantitative estimate of drug-likeness (QED) is 0.769. The van der Waals surface area contributed by atoms with E-state index in [0.717, 1.165) is 11.1 Å². The molecule has 1 aromatic rings. The van der Waals surface area contributed by atoms with E-state index < -0.39 is 0 Å². The van der Waals surface area contributed by atoms with Gasteiger partial charge < -0.3 is 5.11 Å². The van der Waals surface area contributed by atoms with Crippen LogP contribution in [0.15, 0.2) is 36.9 Å². The Kier molecular flexibility index (Phi) is 4.14. The summed E-state index contributed by atoms with van der Waals surface area (Å²) in [4.78, 5) is 0. The van der Waals surface area contributed by atoms with E-state index in [4.69, 9.17) is 5.11 Å². The molecule has 0 aliphatic rings. The number of aliphatic hydroxyl groups excluding tert-OH is 1. The van der Waals surface area contributed by atoms with E-state index in [-0.39, 0.29) is 6.61 Å². The van der Waals surface area contributed by atoms with Gasteiger partial charge in [-0.2, -0.15) is 0 Å². The second-order valence-electron chi connectivity index (χ2n) is 3.32. The average molecular weight is 188 g/mol. The largest absolute Gasteiger partial charge is 0.396 e. The first kappa shape index (κ1) is 10.7. The lowest BCUT2D eigenvalue weighted by Gasteiger charge is -1.99. The molecule has 0 aliphatic carbocycles. The highest BCUT2D eigenvalue weighted by molar-refractivity contribution is 5.63. The Morgan fingerprint density at radius 3 is 2.50 bits per heavy atom. The summed E-state index contributed by atoms with van der Waals surface area (Å²) < 4.78 is 0. The molecule has 14 heavy (non-hydrogen) atoms. The van der Waals surface area contributed by atoms with Gasteiger partial charge in [0.15, 0.2) is 0 Å². The van der Waals surface area contributed by atoms with Gasteiger partial charge in [0, 0.05) is 6.61 Å². The van der Waals surface area contributed by atoms with E-state index in [9.17, 15) is 0 Å². The molecule has 0 fully saturated rings. The molecule has 1 heteroatoms. The summed E-state index contributed by atoms with van der Waals surface area (Å²) in [6.07, 6.45) is 4.69. The van der Waals surface area contributed by atoms with E-state index >= 15 is 0 Å². The summed E-state index contributed by atoms with van der Waals surface area (Å²) in [6.45, 7) is 6.08. The zero-order chi connectivity index (χ0) is 10.4. The van der Waals surface area contributed by atoms with Crippen molar-refractivity contribution in [2.24, 2.45) is 0 Å². The minimum atomic E-state index is 0.209. The van der Waals surface area contributed by atoms with Crippen LogP contribution in [0.2, 0.25) is 0 Å². The van der Waals surface area contributed by atoms with Gasteiger partial charge in [-0.05, 0) is 24.5 Å². The van der Waals surface area contributed by atoms with E-state index in [2.05, 4.69) is 30.8 Å². The van der Waals surface area contributed by atoms with Crippen LogP contribution in [0.3, 0.4) is 0 Å². The first-order valence-corrected chi connectivity index (χ1v) is 4.77. The molecule has 1 rings (SSSR count). The molecular formula is C13H16O. The van der Waals surface area contributed by atoms with Crippen LogP contribution in [0.4, 0.5) is 0 Å². The predicted octanol–water partition coefficient (Wildman–Crippen LogP) is 3.12. The summed E-state index contributed by atoms with van der Waals surface area (Å²) in [7, 11) is 0. The number of rotatable bonds is 4. The minimum absolute atomic E-state index is 0.209. The van der Waals surface area contributed by atoms with Gasteiger partial charge in [-0.25, -0.2) is 0 Å². The molecule has 0 radical (unpaired) electrons. The molecule has 74 valence electrons. The summed E-state index contributed by atoms with van der Waals surface area (Å²) in [5.74, 6) is 0. The van der Waals surface area contributed by atoms with Crippen molar-refractivity contribution in [3.05, 3.63) is 48.0 Å². The lowest BCUT2D eigenvalue weighted by atomic mass is 10.1. The lowest BCUT2D eigenvalue weighted by molar-refractivity contribution is 0.303. The molecule has 0 saturated carbocycles. The first-order chi connectivity index (χ1) is 6.74. The zero-order valence-corrected chi connectivity index (χ0v) is 8.53. The van der Waals surface area contributed by atoms with Gasteiger partial charge in [0.25, 0.3) is 0 Å². The van der Waals surface area contributed by atoms with Crippen molar-refractivity contribution in [3.8, 4) is 0 Å². The third-order valence-electron chi connectivity index (χ3n) is 2.01. The van der Waals surface area contributed by atoms with Gasteiger partial charge in [0.1, 0.15) is 0 Å². The molecule has 0 bridgehead atoms. The smallest absolute Gasteiger partial charge is 0.0465 e. The highest BCUT2D eigenvalue weighted by Gasteiger charge is 1.91. The molecule has 1 aromatic carbocycles. The molecule has 0 saturated heterocycles. The fourth-order valence-electron chi connectivity index (χ4n) is 1.17. The number of hydrogen-bond donors (Lipinski definition) is 1. The number of benzene rings is 1. The average Bonchev–Trinajstić information content (AvgIpc) is 2.19. The van der Waals surface area contributed by atoms with Crippen molar-refractivity contribution in [3.63, 3.8) is 0 Å². The first-order valence-electron chi connectivity index (χ1n) is 4.77. The second-order valence-corrected chi connectivity index (χ2v) is 3.32. The molecule has 1 N–H and O–H groups in total. The van der Waals surface area contributed by atoms with Crippen molar-refractivity contribution >= 4 is 11.6 Å². The van der Waals surface area contributed by atoms with E-state index in [1.54, 1.807) is 0 Å². The molecule has 0 atom stereocenters. The van der Waals surface area contributed by atoms with E-state index in [0.29, 0.717) is 6.42 Å². The van der Waals surface area contributed by atoms with Gasteiger partial charge >= 0.3 is 0 Å². The predicted molar refractivity (Wildman–Crippen MR) is 61.9 cm³/mol. The maximum atomic E-state index is 8.60. The molecule has 1 nitrogen and oxygen atoms in total. The highest BCUT2D eigenvalue weighted by Crippen LogP contribution is 2.13.